The summed E-state index contributed by atoms with van der Waals surface area (Å²) in [6, 6.07) is 19.1. The van der Waals surface area contributed by atoms with Crippen molar-refractivity contribution >= 4 is 17.8 Å². The number of nitrogens with zero attached hydrogens (tertiary/aromatic N) is 1. The molecule has 1 aliphatic heterocycles. The van der Waals surface area contributed by atoms with Crippen molar-refractivity contribution in [2.45, 2.75) is 51.8 Å². The molecule has 1 saturated heterocycles. The second kappa shape index (κ2) is 10.8. The van der Waals surface area contributed by atoms with Gasteiger partial charge < -0.3 is 15.0 Å². The molecule has 2 unspecified atom stereocenters. The number of carbonyl (C=O) groups is 3. The lowest BCUT2D eigenvalue weighted by Crippen LogP contribution is -2.48. The lowest BCUT2D eigenvalue weighted by atomic mass is 9.83. The van der Waals surface area contributed by atoms with Crippen molar-refractivity contribution < 1.29 is 19.1 Å². The molecule has 1 N–H and O–H groups in total. The molecule has 31 heavy (non-hydrogen) atoms. The number of nitrogens with one attached hydrogen (secondary N) is 1. The van der Waals surface area contributed by atoms with Gasteiger partial charge in [0.05, 0.1) is 24.5 Å². The SMILES string of the molecule is CC(C)OC(=O)CCNC(=O)C1CCC(=O)N(Cc2ccccc2)C1c1ccccc1. The van der Waals surface area contributed by atoms with Gasteiger partial charge in [-0.15, -0.1) is 0 Å². The number of hydrogen-bond donors (Lipinski definition) is 1. The topological polar surface area (TPSA) is 75.7 Å². The van der Waals surface area contributed by atoms with Crippen molar-refractivity contribution in [2.75, 3.05) is 6.54 Å². The minimum absolute atomic E-state index is 0.0438. The van der Waals surface area contributed by atoms with Gasteiger partial charge in [0.2, 0.25) is 11.8 Å². The summed E-state index contributed by atoms with van der Waals surface area (Å²) in [5.41, 5.74) is 1.96. The number of ether oxygens (including phenoxy) is 1. The molecule has 164 valence electrons. The van der Waals surface area contributed by atoms with Gasteiger partial charge in [-0.25, -0.2) is 0 Å². The van der Waals surface area contributed by atoms with Gasteiger partial charge in [0.25, 0.3) is 0 Å². The van der Waals surface area contributed by atoms with Crippen LogP contribution in [0.1, 0.15) is 50.3 Å². The Kier molecular flexibility index (Phi) is 7.82. The lowest BCUT2D eigenvalue weighted by Gasteiger charge is -2.41. The van der Waals surface area contributed by atoms with E-state index in [9.17, 15) is 14.4 Å². The second-order valence-electron chi connectivity index (χ2n) is 8.09. The van der Waals surface area contributed by atoms with Crippen molar-refractivity contribution in [3.05, 3.63) is 71.8 Å². The van der Waals surface area contributed by atoms with E-state index in [4.69, 9.17) is 4.74 Å². The molecule has 3 rings (SSSR count). The summed E-state index contributed by atoms with van der Waals surface area (Å²) >= 11 is 0. The van der Waals surface area contributed by atoms with Crippen molar-refractivity contribution in [1.29, 1.82) is 0 Å². The first-order valence-electron chi connectivity index (χ1n) is 10.8. The zero-order valence-electron chi connectivity index (χ0n) is 18.1. The van der Waals surface area contributed by atoms with Gasteiger partial charge in [-0.2, -0.15) is 0 Å². The fourth-order valence-electron chi connectivity index (χ4n) is 4.00. The van der Waals surface area contributed by atoms with Crippen LogP contribution in [-0.4, -0.2) is 35.3 Å². The number of esters is 1. The molecular formula is C25H30N2O4. The molecule has 2 aromatic carbocycles. The Bertz CT molecular complexity index is 883. The normalized spacial score (nSPS) is 18.7. The van der Waals surface area contributed by atoms with Crippen LogP contribution < -0.4 is 5.32 Å². The summed E-state index contributed by atoms with van der Waals surface area (Å²) in [6.07, 6.45) is 0.746. The minimum atomic E-state index is -0.384. The number of rotatable bonds is 8. The summed E-state index contributed by atoms with van der Waals surface area (Å²) in [6.45, 7) is 4.25. The summed E-state index contributed by atoms with van der Waals surface area (Å²) in [5, 5.41) is 2.88. The fourth-order valence-corrected chi connectivity index (χ4v) is 4.00. The van der Waals surface area contributed by atoms with Crippen molar-refractivity contribution in [2.24, 2.45) is 5.92 Å². The second-order valence-corrected chi connectivity index (χ2v) is 8.09. The molecule has 2 atom stereocenters. The Morgan fingerprint density at radius 3 is 2.35 bits per heavy atom. The molecule has 2 amide bonds. The maximum Gasteiger partial charge on any atom is 0.307 e. The molecule has 0 saturated carbocycles. The average Bonchev–Trinajstić information content (AvgIpc) is 2.75. The van der Waals surface area contributed by atoms with Gasteiger partial charge in [-0.1, -0.05) is 60.7 Å². The van der Waals surface area contributed by atoms with E-state index in [2.05, 4.69) is 5.32 Å². The van der Waals surface area contributed by atoms with Crippen LogP contribution in [0.15, 0.2) is 60.7 Å². The molecule has 2 aromatic rings. The number of hydrogen-bond acceptors (Lipinski definition) is 4. The predicted molar refractivity (Wildman–Crippen MR) is 118 cm³/mol. The highest BCUT2D eigenvalue weighted by Gasteiger charge is 2.40. The molecule has 0 spiro atoms. The highest BCUT2D eigenvalue weighted by Crippen LogP contribution is 2.37. The number of likely N-dealkylation sites (tertiary alicyclic amines) is 1. The fraction of sp³-hybridized carbons (Fsp3) is 0.400. The number of piperidine rings is 1. The van der Waals surface area contributed by atoms with E-state index in [1.165, 1.54) is 0 Å². The van der Waals surface area contributed by atoms with E-state index in [0.29, 0.717) is 19.4 Å². The van der Waals surface area contributed by atoms with Crippen LogP contribution in [0.25, 0.3) is 0 Å². The molecule has 6 nitrogen and oxygen atoms in total. The van der Waals surface area contributed by atoms with E-state index >= 15 is 0 Å². The minimum Gasteiger partial charge on any atom is -0.463 e. The summed E-state index contributed by atoms with van der Waals surface area (Å²) in [7, 11) is 0. The van der Waals surface area contributed by atoms with Crippen LogP contribution in [0, 0.1) is 5.92 Å². The zero-order valence-corrected chi connectivity index (χ0v) is 18.1. The van der Waals surface area contributed by atoms with Crippen molar-refractivity contribution in [3.63, 3.8) is 0 Å². The Hall–Kier alpha value is -3.15. The third-order valence-electron chi connectivity index (χ3n) is 5.38. The van der Waals surface area contributed by atoms with E-state index in [1.54, 1.807) is 13.8 Å². The van der Waals surface area contributed by atoms with Crippen LogP contribution in [0.2, 0.25) is 0 Å². The molecule has 0 bridgehead atoms. The summed E-state index contributed by atoms with van der Waals surface area (Å²) in [4.78, 5) is 39.6. The Balaban J connectivity index is 1.77. The van der Waals surface area contributed by atoms with Gasteiger partial charge in [0.1, 0.15) is 0 Å². The first-order valence-corrected chi connectivity index (χ1v) is 10.8. The molecule has 1 heterocycles. The standard InChI is InChI=1S/C25H30N2O4/c1-18(2)31-23(29)15-16-26-25(30)21-13-14-22(28)27(17-19-9-5-3-6-10-19)24(21)20-11-7-4-8-12-20/h3-12,18,21,24H,13-17H2,1-2H3,(H,26,30). The number of amides is 2. The maximum atomic E-state index is 13.1. The molecule has 1 fully saturated rings. The smallest absolute Gasteiger partial charge is 0.307 e. The zero-order chi connectivity index (χ0) is 22.2. The van der Waals surface area contributed by atoms with Gasteiger partial charge in [0, 0.05) is 19.5 Å². The van der Waals surface area contributed by atoms with E-state index in [-0.39, 0.29) is 48.8 Å². The van der Waals surface area contributed by atoms with Gasteiger partial charge in [0.15, 0.2) is 0 Å². The van der Waals surface area contributed by atoms with Crippen LogP contribution in [-0.2, 0) is 25.7 Å². The summed E-state index contributed by atoms with van der Waals surface area (Å²) < 4.78 is 5.12. The third-order valence-corrected chi connectivity index (χ3v) is 5.38. The molecule has 0 aliphatic carbocycles. The largest absolute Gasteiger partial charge is 0.463 e. The average molecular weight is 423 g/mol. The monoisotopic (exact) mass is 422 g/mol. The van der Waals surface area contributed by atoms with E-state index in [0.717, 1.165) is 11.1 Å². The highest BCUT2D eigenvalue weighted by molar-refractivity contribution is 5.85. The number of benzene rings is 2. The van der Waals surface area contributed by atoms with Crippen LogP contribution >= 0.6 is 0 Å². The van der Waals surface area contributed by atoms with Crippen molar-refractivity contribution in [3.8, 4) is 0 Å². The maximum absolute atomic E-state index is 13.1. The summed E-state index contributed by atoms with van der Waals surface area (Å²) in [5.74, 6) is -0.816. The van der Waals surface area contributed by atoms with E-state index in [1.807, 2.05) is 65.6 Å². The van der Waals surface area contributed by atoms with Crippen LogP contribution in [0.5, 0.6) is 0 Å². The Morgan fingerprint density at radius 1 is 1.06 bits per heavy atom. The molecule has 0 aromatic heterocycles. The first kappa shape index (κ1) is 22.5. The van der Waals surface area contributed by atoms with Gasteiger partial charge in [-0.05, 0) is 31.4 Å². The van der Waals surface area contributed by atoms with Gasteiger partial charge >= 0.3 is 5.97 Å². The third kappa shape index (κ3) is 6.17. The molecular weight excluding hydrogens is 392 g/mol. The van der Waals surface area contributed by atoms with Crippen molar-refractivity contribution in [1.82, 2.24) is 10.2 Å². The predicted octanol–water partition coefficient (Wildman–Crippen LogP) is 3.62. The molecule has 6 heteroatoms. The van der Waals surface area contributed by atoms with Crippen LogP contribution in [0.4, 0.5) is 0 Å². The highest BCUT2D eigenvalue weighted by atomic mass is 16.5. The number of carbonyl (C=O) groups excluding carboxylic acids is 3. The first-order chi connectivity index (χ1) is 15.0. The molecule has 1 aliphatic rings. The lowest BCUT2D eigenvalue weighted by molar-refractivity contribution is -0.147. The molecule has 0 radical (unpaired) electrons. The quantitative estimate of drug-likeness (QED) is 0.659. The Morgan fingerprint density at radius 2 is 1.71 bits per heavy atom. The van der Waals surface area contributed by atoms with Gasteiger partial charge in [-0.3, -0.25) is 14.4 Å². The van der Waals surface area contributed by atoms with Crippen LogP contribution in [0.3, 0.4) is 0 Å². The van der Waals surface area contributed by atoms with E-state index < -0.39 is 0 Å². The Labute approximate surface area is 183 Å².